The molecule has 0 amide bonds. The minimum absolute atomic E-state index is 0.459. The number of halogens is 1. The van der Waals surface area contributed by atoms with Crippen molar-refractivity contribution in [3.63, 3.8) is 0 Å². The molecule has 2 rings (SSSR count). The molecule has 1 aromatic heterocycles. The van der Waals surface area contributed by atoms with Gasteiger partial charge in [-0.2, -0.15) is 4.98 Å². The molecule has 1 unspecified atom stereocenters. The number of nitrogens with zero attached hydrogens (tertiary/aromatic N) is 3. The Morgan fingerprint density at radius 3 is 2.85 bits per heavy atom. The van der Waals surface area contributed by atoms with E-state index in [-0.39, 0.29) is 0 Å². The SMILES string of the molecule is CCCNc1ncc(Cl)c(NCC(C)N(C)C2CC2)n1. The van der Waals surface area contributed by atoms with E-state index < -0.39 is 0 Å². The monoisotopic (exact) mass is 297 g/mol. The average molecular weight is 298 g/mol. The highest BCUT2D eigenvalue weighted by molar-refractivity contribution is 6.32. The van der Waals surface area contributed by atoms with Gasteiger partial charge in [-0.1, -0.05) is 18.5 Å². The van der Waals surface area contributed by atoms with Crippen molar-refractivity contribution < 1.29 is 0 Å². The van der Waals surface area contributed by atoms with Gasteiger partial charge in [0, 0.05) is 25.2 Å². The molecule has 1 heterocycles. The maximum Gasteiger partial charge on any atom is 0.224 e. The van der Waals surface area contributed by atoms with E-state index in [0.29, 0.717) is 22.8 Å². The van der Waals surface area contributed by atoms with Gasteiger partial charge in [-0.05, 0) is 33.2 Å². The molecule has 1 fully saturated rings. The average Bonchev–Trinajstić information content (AvgIpc) is 3.28. The summed E-state index contributed by atoms with van der Waals surface area (Å²) in [5.74, 6) is 1.33. The number of hydrogen-bond acceptors (Lipinski definition) is 5. The first-order chi connectivity index (χ1) is 9.61. The van der Waals surface area contributed by atoms with Crippen molar-refractivity contribution in [2.24, 2.45) is 0 Å². The number of nitrogens with one attached hydrogen (secondary N) is 2. The first-order valence-electron chi connectivity index (χ1n) is 7.34. The minimum Gasteiger partial charge on any atom is -0.367 e. The molecule has 5 nitrogen and oxygen atoms in total. The molecule has 20 heavy (non-hydrogen) atoms. The van der Waals surface area contributed by atoms with Crippen molar-refractivity contribution in [2.45, 2.75) is 45.2 Å². The fourth-order valence-electron chi connectivity index (χ4n) is 2.04. The zero-order valence-electron chi connectivity index (χ0n) is 12.5. The van der Waals surface area contributed by atoms with Gasteiger partial charge in [0.25, 0.3) is 0 Å². The van der Waals surface area contributed by atoms with Gasteiger partial charge < -0.3 is 10.6 Å². The molecular weight excluding hydrogens is 274 g/mol. The highest BCUT2D eigenvalue weighted by Crippen LogP contribution is 2.27. The summed E-state index contributed by atoms with van der Waals surface area (Å²) in [6.45, 7) is 6.02. The van der Waals surface area contributed by atoms with Gasteiger partial charge in [-0.3, -0.25) is 4.90 Å². The third-order valence-corrected chi connectivity index (χ3v) is 3.94. The standard InChI is InChI=1S/C14H24ClN5/c1-4-7-16-14-18-9-12(15)13(19-14)17-8-10(2)20(3)11-5-6-11/h9-11H,4-8H2,1-3H3,(H2,16,17,18,19). The summed E-state index contributed by atoms with van der Waals surface area (Å²) in [7, 11) is 2.18. The molecule has 0 radical (unpaired) electrons. The lowest BCUT2D eigenvalue weighted by Gasteiger charge is -2.25. The van der Waals surface area contributed by atoms with E-state index in [9.17, 15) is 0 Å². The van der Waals surface area contributed by atoms with E-state index in [0.717, 1.165) is 25.6 Å². The summed E-state index contributed by atoms with van der Waals surface area (Å²) in [5.41, 5.74) is 0. The van der Waals surface area contributed by atoms with Crippen molar-refractivity contribution >= 4 is 23.4 Å². The van der Waals surface area contributed by atoms with Crippen molar-refractivity contribution in [1.82, 2.24) is 14.9 Å². The van der Waals surface area contributed by atoms with E-state index >= 15 is 0 Å². The zero-order valence-corrected chi connectivity index (χ0v) is 13.2. The molecular formula is C14H24ClN5. The van der Waals surface area contributed by atoms with Crippen LogP contribution in [0.5, 0.6) is 0 Å². The molecule has 6 heteroatoms. The van der Waals surface area contributed by atoms with Crippen LogP contribution in [0.15, 0.2) is 6.20 Å². The Kier molecular flexibility index (Phi) is 5.43. The number of likely N-dealkylation sites (N-methyl/N-ethyl adjacent to an activating group) is 1. The minimum atomic E-state index is 0.459. The highest BCUT2D eigenvalue weighted by Gasteiger charge is 2.28. The van der Waals surface area contributed by atoms with Gasteiger partial charge in [0.15, 0.2) is 5.82 Å². The fraction of sp³-hybridized carbons (Fsp3) is 0.714. The summed E-state index contributed by atoms with van der Waals surface area (Å²) in [5, 5.41) is 7.06. The molecule has 1 aromatic rings. The summed E-state index contributed by atoms with van der Waals surface area (Å²) in [6.07, 6.45) is 5.32. The Morgan fingerprint density at radius 1 is 1.45 bits per heavy atom. The Bertz CT molecular complexity index is 436. The zero-order chi connectivity index (χ0) is 14.5. The van der Waals surface area contributed by atoms with Crippen LogP contribution >= 0.6 is 11.6 Å². The smallest absolute Gasteiger partial charge is 0.224 e. The second kappa shape index (κ2) is 7.09. The maximum atomic E-state index is 6.14. The van der Waals surface area contributed by atoms with E-state index in [4.69, 9.17) is 11.6 Å². The van der Waals surface area contributed by atoms with Crippen LogP contribution in [0.4, 0.5) is 11.8 Å². The van der Waals surface area contributed by atoms with Crippen LogP contribution in [0.2, 0.25) is 5.02 Å². The first-order valence-corrected chi connectivity index (χ1v) is 7.71. The predicted octanol–water partition coefficient (Wildman–Crippen LogP) is 2.85. The van der Waals surface area contributed by atoms with Crippen molar-refractivity contribution in [3.05, 3.63) is 11.2 Å². The number of anilines is 2. The van der Waals surface area contributed by atoms with Crippen LogP contribution < -0.4 is 10.6 Å². The topological polar surface area (TPSA) is 53.1 Å². The Labute approximate surface area is 126 Å². The molecule has 0 spiro atoms. The number of rotatable bonds is 8. The maximum absolute atomic E-state index is 6.14. The fourth-order valence-corrected chi connectivity index (χ4v) is 2.20. The van der Waals surface area contributed by atoms with E-state index in [1.54, 1.807) is 6.20 Å². The van der Waals surface area contributed by atoms with Crippen LogP contribution in [0.3, 0.4) is 0 Å². The predicted molar refractivity (Wildman–Crippen MR) is 84.6 cm³/mol. The highest BCUT2D eigenvalue weighted by atomic mass is 35.5. The third-order valence-electron chi connectivity index (χ3n) is 3.66. The van der Waals surface area contributed by atoms with Gasteiger partial charge >= 0.3 is 0 Å². The molecule has 1 saturated carbocycles. The van der Waals surface area contributed by atoms with Crippen molar-refractivity contribution in [3.8, 4) is 0 Å². The van der Waals surface area contributed by atoms with E-state index in [1.807, 2.05) is 0 Å². The van der Waals surface area contributed by atoms with E-state index in [1.165, 1.54) is 12.8 Å². The second-order valence-electron chi connectivity index (χ2n) is 5.44. The molecule has 1 aliphatic rings. The van der Waals surface area contributed by atoms with Crippen LogP contribution in [0, 0.1) is 0 Å². The molecule has 0 saturated heterocycles. The van der Waals surface area contributed by atoms with Crippen molar-refractivity contribution in [1.29, 1.82) is 0 Å². The van der Waals surface area contributed by atoms with Gasteiger partial charge in [0.2, 0.25) is 5.95 Å². The third kappa shape index (κ3) is 4.21. The van der Waals surface area contributed by atoms with Crippen LogP contribution in [-0.2, 0) is 0 Å². The molecule has 1 aliphatic carbocycles. The molecule has 0 aromatic carbocycles. The molecule has 112 valence electrons. The lowest BCUT2D eigenvalue weighted by atomic mass is 10.3. The first kappa shape index (κ1) is 15.3. The lowest BCUT2D eigenvalue weighted by molar-refractivity contribution is 0.257. The summed E-state index contributed by atoms with van der Waals surface area (Å²) in [4.78, 5) is 11.0. The largest absolute Gasteiger partial charge is 0.367 e. The van der Waals surface area contributed by atoms with Crippen LogP contribution in [0.25, 0.3) is 0 Å². The summed E-state index contributed by atoms with van der Waals surface area (Å²) in [6, 6.07) is 1.22. The summed E-state index contributed by atoms with van der Waals surface area (Å²) >= 11 is 6.14. The van der Waals surface area contributed by atoms with Gasteiger partial charge in [-0.25, -0.2) is 4.98 Å². The van der Waals surface area contributed by atoms with Gasteiger partial charge in [0.05, 0.1) is 6.20 Å². The number of hydrogen-bond donors (Lipinski definition) is 2. The van der Waals surface area contributed by atoms with Crippen LogP contribution in [-0.4, -0.2) is 47.1 Å². The Balaban J connectivity index is 1.90. The molecule has 1 atom stereocenters. The summed E-state index contributed by atoms with van der Waals surface area (Å²) < 4.78 is 0. The molecule has 0 bridgehead atoms. The number of aromatic nitrogens is 2. The van der Waals surface area contributed by atoms with Crippen LogP contribution in [0.1, 0.15) is 33.1 Å². The Morgan fingerprint density at radius 2 is 2.20 bits per heavy atom. The normalized spacial score (nSPS) is 16.2. The van der Waals surface area contributed by atoms with E-state index in [2.05, 4.69) is 46.4 Å². The molecule has 0 aliphatic heterocycles. The Hall–Kier alpha value is -1.07. The molecule has 2 N–H and O–H groups in total. The quantitative estimate of drug-likeness (QED) is 0.773. The van der Waals surface area contributed by atoms with Gasteiger partial charge in [-0.15, -0.1) is 0 Å². The second-order valence-corrected chi connectivity index (χ2v) is 5.85. The lowest BCUT2D eigenvalue weighted by Crippen LogP contribution is -2.36. The van der Waals surface area contributed by atoms with Gasteiger partial charge in [0.1, 0.15) is 5.02 Å². The van der Waals surface area contributed by atoms with Crippen molar-refractivity contribution in [2.75, 3.05) is 30.8 Å².